The molecule has 4 aromatic rings. The van der Waals surface area contributed by atoms with E-state index < -0.39 is 11.7 Å². The Labute approximate surface area is 242 Å². The number of hydrogen-bond acceptors (Lipinski definition) is 6. The Morgan fingerprint density at radius 3 is 2.63 bits per heavy atom. The van der Waals surface area contributed by atoms with Crippen LogP contribution in [-0.2, 0) is 18.3 Å². The molecule has 5 rings (SSSR count). The van der Waals surface area contributed by atoms with Crippen LogP contribution in [0.15, 0.2) is 48.8 Å². The van der Waals surface area contributed by atoms with Gasteiger partial charge in [-0.25, -0.2) is 9.37 Å². The first kappa shape index (κ1) is 28.5. The van der Waals surface area contributed by atoms with E-state index in [2.05, 4.69) is 20.7 Å². The summed E-state index contributed by atoms with van der Waals surface area (Å²) < 4.78 is 23.7. The summed E-state index contributed by atoms with van der Waals surface area (Å²) in [5.74, 6) is -0.880. The molecule has 2 aromatic heterocycles. The highest BCUT2D eigenvalue weighted by Crippen LogP contribution is 2.30. The van der Waals surface area contributed by atoms with E-state index in [9.17, 15) is 9.59 Å². The number of anilines is 1. The number of benzene rings is 2. The molecule has 1 saturated heterocycles. The summed E-state index contributed by atoms with van der Waals surface area (Å²) in [6, 6.07) is 9.71. The molecule has 1 aliphatic rings. The molecule has 0 bridgehead atoms. The van der Waals surface area contributed by atoms with Crippen molar-refractivity contribution in [3.05, 3.63) is 76.7 Å². The maximum absolute atomic E-state index is 15.3. The number of imidazole rings is 1. The van der Waals surface area contributed by atoms with Gasteiger partial charge in [-0.2, -0.15) is 5.10 Å². The molecule has 0 unspecified atom stereocenters. The lowest BCUT2D eigenvalue weighted by molar-refractivity contribution is 0.0736. The van der Waals surface area contributed by atoms with E-state index >= 15 is 4.39 Å². The Hall–Kier alpha value is -4.06. The second-order valence-corrected chi connectivity index (χ2v) is 10.2. The Morgan fingerprint density at radius 2 is 1.93 bits per heavy atom. The van der Waals surface area contributed by atoms with Crippen molar-refractivity contribution in [3.8, 4) is 22.4 Å². The van der Waals surface area contributed by atoms with Gasteiger partial charge in [-0.05, 0) is 31.2 Å². The summed E-state index contributed by atoms with van der Waals surface area (Å²) in [6.07, 6.45) is 3.33. The van der Waals surface area contributed by atoms with Crippen molar-refractivity contribution < 1.29 is 18.7 Å². The Balaban J connectivity index is 1.31. The van der Waals surface area contributed by atoms with Crippen molar-refractivity contribution in [2.75, 3.05) is 45.2 Å². The quantitative estimate of drug-likeness (QED) is 0.327. The molecule has 12 heteroatoms. The molecule has 0 atom stereocenters. The predicted octanol–water partition coefficient (Wildman–Crippen LogP) is 4.00. The minimum atomic E-state index is -0.466. The van der Waals surface area contributed by atoms with Crippen molar-refractivity contribution >= 4 is 29.1 Å². The van der Waals surface area contributed by atoms with Crippen LogP contribution in [0.5, 0.6) is 0 Å². The second-order valence-electron chi connectivity index (χ2n) is 9.80. The average molecular weight is 580 g/mol. The lowest BCUT2D eigenvalue weighted by Crippen LogP contribution is -2.46. The van der Waals surface area contributed by atoms with Crippen molar-refractivity contribution in [1.29, 1.82) is 0 Å². The highest BCUT2D eigenvalue weighted by Gasteiger charge is 2.22. The number of halogens is 2. The fourth-order valence-corrected chi connectivity index (χ4v) is 5.12. The van der Waals surface area contributed by atoms with Crippen LogP contribution < -0.4 is 10.6 Å². The summed E-state index contributed by atoms with van der Waals surface area (Å²) in [7, 11) is 3.31. The number of methoxy groups -OCH3 is 1. The highest BCUT2D eigenvalue weighted by molar-refractivity contribution is 6.34. The molecule has 0 saturated carbocycles. The summed E-state index contributed by atoms with van der Waals surface area (Å²) in [5.41, 5.74) is 3.81. The van der Waals surface area contributed by atoms with Gasteiger partial charge in [0.15, 0.2) is 5.82 Å². The number of rotatable bonds is 8. The molecule has 1 fully saturated rings. The summed E-state index contributed by atoms with van der Waals surface area (Å²) in [6.45, 7) is 5.61. The number of carbonyl (C=O) groups is 2. The molecule has 3 heterocycles. The number of amides is 2. The molecule has 0 aliphatic carbocycles. The molecule has 41 heavy (non-hydrogen) atoms. The zero-order chi connectivity index (χ0) is 29.1. The van der Waals surface area contributed by atoms with E-state index in [0.29, 0.717) is 65.6 Å². The molecule has 2 aromatic carbocycles. The van der Waals surface area contributed by atoms with Crippen molar-refractivity contribution in [2.45, 2.75) is 13.5 Å². The Bertz CT molecular complexity index is 1590. The largest absolute Gasteiger partial charge is 0.383 e. The van der Waals surface area contributed by atoms with Crippen molar-refractivity contribution in [3.63, 3.8) is 0 Å². The number of nitrogens with zero attached hydrogens (tertiary/aromatic N) is 5. The Kier molecular flexibility index (Phi) is 8.48. The van der Waals surface area contributed by atoms with Crippen LogP contribution >= 0.6 is 11.6 Å². The van der Waals surface area contributed by atoms with E-state index in [1.165, 1.54) is 12.3 Å². The molecule has 214 valence electrons. The maximum atomic E-state index is 15.3. The fourth-order valence-electron chi connectivity index (χ4n) is 4.85. The number of aryl methyl sites for hydroxylation is 1. The first-order valence-electron chi connectivity index (χ1n) is 13.2. The van der Waals surface area contributed by atoms with Crippen LogP contribution in [0.4, 0.5) is 10.1 Å². The Morgan fingerprint density at radius 1 is 1.15 bits per heavy atom. The summed E-state index contributed by atoms with van der Waals surface area (Å²) >= 11 is 6.41. The van der Waals surface area contributed by atoms with Gasteiger partial charge in [0.2, 0.25) is 0 Å². The fraction of sp³-hybridized carbons (Fsp3) is 0.310. The first-order chi connectivity index (χ1) is 19.8. The third-order valence-electron chi connectivity index (χ3n) is 7.08. The van der Waals surface area contributed by atoms with E-state index in [4.69, 9.17) is 16.3 Å². The van der Waals surface area contributed by atoms with Gasteiger partial charge in [-0.3, -0.25) is 14.3 Å². The third kappa shape index (κ3) is 6.02. The number of aromatic nitrogens is 4. The van der Waals surface area contributed by atoms with Gasteiger partial charge in [0.1, 0.15) is 5.82 Å². The summed E-state index contributed by atoms with van der Waals surface area (Å²) in [5, 5.41) is 10.7. The number of nitrogens with one attached hydrogen (secondary N) is 2. The standard InChI is InChI=1S/C29H31ClFN7O3/c1-18-23(17-38(35-18)12-13-41-3)21-6-4-19(14-25(21)31)26-16-33-27(36(26)2)28(39)34-20-5-7-22(24(30)15-20)29(40)37-10-8-32-9-11-37/h4-7,14-17,32H,8-13H2,1-3H3,(H,34,39). The third-order valence-corrected chi connectivity index (χ3v) is 7.39. The van der Waals surface area contributed by atoms with Crippen LogP contribution in [-0.4, -0.2) is 75.9 Å². The molecular weight excluding hydrogens is 549 g/mol. The molecule has 0 spiro atoms. The van der Waals surface area contributed by atoms with E-state index in [1.807, 2.05) is 6.92 Å². The van der Waals surface area contributed by atoms with Crippen LogP contribution in [0, 0.1) is 12.7 Å². The lowest BCUT2D eigenvalue weighted by Gasteiger charge is -2.27. The summed E-state index contributed by atoms with van der Waals surface area (Å²) in [4.78, 5) is 31.9. The number of ether oxygens (including phenoxy) is 1. The monoisotopic (exact) mass is 579 g/mol. The van der Waals surface area contributed by atoms with Gasteiger partial charge in [0, 0.05) is 68.9 Å². The smallest absolute Gasteiger partial charge is 0.291 e. The molecule has 10 nitrogen and oxygen atoms in total. The van der Waals surface area contributed by atoms with Gasteiger partial charge >= 0.3 is 0 Å². The number of carbonyl (C=O) groups excluding carboxylic acids is 2. The molecule has 0 radical (unpaired) electrons. The molecular formula is C29H31ClFN7O3. The van der Waals surface area contributed by atoms with Crippen molar-refractivity contribution in [2.24, 2.45) is 7.05 Å². The van der Waals surface area contributed by atoms with Crippen LogP contribution in [0.2, 0.25) is 5.02 Å². The SMILES string of the molecule is COCCn1cc(-c2ccc(-c3cnc(C(=O)Nc4ccc(C(=O)N5CCNCC5)c(Cl)c4)n3C)cc2F)c(C)n1. The minimum absolute atomic E-state index is 0.136. The van der Waals surface area contributed by atoms with Gasteiger partial charge in [-0.15, -0.1) is 0 Å². The highest BCUT2D eigenvalue weighted by atomic mass is 35.5. The lowest BCUT2D eigenvalue weighted by atomic mass is 10.0. The van der Waals surface area contributed by atoms with Gasteiger partial charge in [-0.1, -0.05) is 23.7 Å². The second kappa shape index (κ2) is 12.2. The maximum Gasteiger partial charge on any atom is 0.291 e. The topological polar surface area (TPSA) is 106 Å². The van der Waals surface area contributed by atoms with Crippen molar-refractivity contribution in [1.82, 2.24) is 29.5 Å². The molecule has 2 N–H and O–H groups in total. The zero-order valence-electron chi connectivity index (χ0n) is 23.1. The van der Waals surface area contributed by atoms with Gasteiger partial charge in [0.05, 0.1) is 41.3 Å². The van der Waals surface area contributed by atoms with Gasteiger partial charge < -0.3 is 24.8 Å². The number of piperazine rings is 1. The minimum Gasteiger partial charge on any atom is -0.383 e. The first-order valence-corrected chi connectivity index (χ1v) is 13.6. The zero-order valence-corrected chi connectivity index (χ0v) is 23.8. The average Bonchev–Trinajstić information content (AvgIpc) is 3.53. The van der Waals surface area contributed by atoms with Crippen LogP contribution in [0.3, 0.4) is 0 Å². The molecule has 2 amide bonds. The number of hydrogen-bond donors (Lipinski definition) is 2. The van der Waals surface area contributed by atoms with Gasteiger partial charge in [0.25, 0.3) is 11.8 Å². The van der Waals surface area contributed by atoms with E-state index in [0.717, 1.165) is 13.1 Å². The van der Waals surface area contributed by atoms with E-state index in [-0.39, 0.29) is 16.8 Å². The normalized spacial score (nSPS) is 13.4. The van der Waals surface area contributed by atoms with Crippen LogP contribution in [0.1, 0.15) is 26.7 Å². The predicted molar refractivity (Wildman–Crippen MR) is 155 cm³/mol. The van der Waals surface area contributed by atoms with E-state index in [1.54, 1.807) is 64.8 Å². The molecule has 1 aliphatic heterocycles. The van der Waals surface area contributed by atoms with Crippen LogP contribution in [0.25, 0.3) is 22.4 Å².